The molecule has 0 saturated carbocycles. The molecule has 8 nitrogen and oxygen atoms in total. The minimum absolute atomic E-state index is 0.0217. The molecular formula is C12H17N3O5S. The lowest BCUT2D eigenvalue weighted by molar-refractivity contribution is -0.384. The van der Waals surface area contributed by atoms with E-state index >= 15 is 0 Å². The Hall–Kier alpha value is -1.71. The Morgan fingerprint density at radius 1 is 1.48 bits per heavy atom. The van der Waals surface area contributed by atoms with E-state index in [-0.39, 0.29) is 22.8 Å². The van der Waals surface area contributed by atoms with Gasteiger partial charge in [0, 0.05) is 26.2 Å². The molecule has 1 aliphatic heterocycles. The van der Waals surface area contributed by atoms with Gasteiger partial charge in [-0.05, 0) is 25.0 Å². The number of β-amino-alcohol motifs (C(OH)–C–C–N with tert-alkyl or cyclic N) is 1. The number of aliphatic hydroxyl groups is 1. The molecule has 1 heterocycles. The molecule has 0 aromatic heterocycles. The Morgan fingerprint density at radius 3 is 2.76 bits per heavy atom. The second-order valence-corrected chi connectivity index (χ2v) is 6.78. The van der Waals surface area contributed by atoms with Crippen molar-refractivity contribution in [1.82, 2.24) is 4.31 Å². The van der Waals surface area contributed by atoms with Crippen LogP contribution in [0.2, 0.25) is 0 Å². The first kappa shape index (κ1) is 15.7. The van der Waals surface area contributed by atoms with Crippen molar-refractivity contribution in [3.05, 3.63) is 28.3 Å². The number of nitrogens with zero attached hydrogens (tertiary/aromatic N) is 2. The summed E-state index contributed by atoms with van der Waals surface area (Å²) in [5.74, 6) is 0. The molecule has 1 fully saturated rings. The lowest BCUT2D eigenvalue weighted by Crippen LogP contribution is -2.42. The fourth-order valence-corrected chi connectivity index (χ4v) is 3.87. The summed E-state index contributed by atoms with van der Waals surface area (Å²) in [5, 5.41) is 23.1. The number of nitrogens with one attached hydrogen (secondary N) is 1. The van der Waals surface area contributed by atoms with Gasteiger partial charge in [0.2, 0.25) is 10.0 Å². The van der Waals surface area contributed by atoms with Crippen molar-refractivity contribution in [2.75, 3.05) is 25.5 Å². The minimum atomic E-state index is -3.76. The summed E-state index contributed by atoms with van der Waals surface area (Å²) >= 11 is 0. The van der Waals surface area contributed by atoms with Crippen LogP contribution in [0.15, 0.2) is 23.1 Å². The molecule has 1 aromatic rings. The largest absolute Gasteiger partial charge is 0.392 e. The molecule has 0 bridgehead atoms. The number of hydrogen-bond acceptors (Lipinski definition) is 6. The van der Waals surface area contributed by atoms with Crippen LogP contribution in [0.4, 0.5) is 11.4 Å². The van der Waals surface area contributed by atoms with Crippen molar-refractivity contribution < 1.29 is 18.4 Å². The molecular weight excluding hydrogens is 298 g/mol. The Labute approximate surface area is 122 Å². The van der Waals surface area contributed by atoms with Gasteiger partial charge >= 0.3 is 0 Å². The summed E-state index contributed by atoms with van der Waals surface area (Å²) in [4.78, 5) is 10.3. The number of sulfonamides is 1. The highest BCUT2D eigenvalue weighted by Gasteiger charge is 2.30. The number of rotatable bonds is 4. The highest BCUT2D eigenvalue weighted by atomic mass is 32.2. The Balaban J connectivity index is 2.38. The maximum Gasteiger partial charge on any atom is 0.292 e. The second kappa shape index (κ2) is 5.96. The standard InChI is InChI=1S/C12H17N3O5S/c1-13-11-7-10(4-5-12(11)15(17)18)21(19,20)14-6-2-3-9(16)8-14/h4-5,7,9,13,16H,2-3,6,8H2,1H3. The summed E-state index contributed by atoms with van der Waals surface area (Å²) in [6.45, 7) is 0.388. The molecule has 0 aliphatic carbocycles. The molecule has 21 heavy (non-hydrogen) atoms. The number of piperidine rings is 1. The fourth-order valence-electron chi connectivity index (χ4n) is 2.32. The number of anilines is 1. The molecule has 1 atom stereocenters. The van der Waals surface area contributed by atoms with E-state index in [1.54, 1.807) is 0 Å². The predicted octanol–water partition coefficient (Wildman–Crippen LogP) is 0.782. The van der Waals surface area contributed by atoms with Crippen molar-refractivity contribution in [2.24, 2.45) is 0 Å². The van der Waals surface area contributed by atoms with Crippen LogP contribution in [-0.2, 0) is 10.0 Å². The summed E-state index contributed by atoms with van der Waals surface area (Å²) in [5.41, 5.74) is -0.0474. The zero-order valence-corrected chi connectivity index (χ0v) is 12.3. The van der Waals surface area contributed by atoms with E-state index in [0.717, 1.165) is 0 Å². The first-order chi connectivity index (χ1) is 9.86. The highest BCUT2D eigenvalue weighted by Crippen LogP contribution is 2.29. The highest BCUT2D eigenvalue weighted by molar-refractivity contribution is 7.89. The van der Waals surface area contributed by atoms with Gasteiger partial charge in [-0.2, -0.15) is 4.31 Å². The van der Waals surface area contributed by atoms with Crippen LogP contribution in [0.25, 0.3) is 0 Å². The van der Waals surface area contributed by atoms with E-state index in [2.05, 4.69) is 5.32 Å². The van der Waals surface area contributed by atoms with E-state index in [0.29, 0.717) is 19.4 Å². The number of hydrogen-bond donors (Lipinski definition) is 2. The summed E-state index contributed by atoms with van der Waals surface area (Å²) in [6, 6.07) is 3.63. The lowest BCUT2D eigenvalue weighted by atomic mass is 10.1. The minimum Gasteiger partial charge on any atom is -0.392 e. The summed E-state index contributed by atoms with van der Waals surface area (Å²) in [6.07, 6.45) is 0.496. The van der Waals surface area contributed by atoms with Gasteiger partial charge in [0.05, 0.1) is 15.9 Å². The maximum absolute atomic E-state index is 12.5. The van der Waals surface area contributed by atoms with Gasteiger partial charge in [-0.25, -0.2) is 8.42 Å². The zero-order valence-electron chi connectivity index (χ0n) is 11.5. The average molecular weight is 315 g/mol. The fraction of sp³-hybridized carbons (Fsp3) is 0.500. The number of nitro benzene ring substituents is 1. The molecule has 0 spiro atoms. The van der Waals surface area contributed by atoms with Crippen molar-refractivity contribution in [3.63, 3.8) is 0 Å². The third kappa shape index (κ3) is 3.14. The molecule has 1 aliphatic rings. The lowest BCUT2D eigenvalue weighted by Gasteiger charge is -2.29. The smallest absolute Gasteiger partial charge is 0.292 e. The van der Waals surface area contributed by atoms with Crippen LogP contribution in [0, 0.1) is 10.1 Å². The van der Waals surface area contributed by atoms with Crippen molar-refractivity contribution in [1.29, 1.82) is 0 Å². The van der Waals surface area contributed by atoms with E-state index < -0.39 is 21.1 Å². The van der Waals surface area contributed by atoms with E-state index in [1.165, 1.54) is 29.6 Å². The van der Waals surface area contributed by atoms with Gasteiger partial charge in [0.25, 0.3) is 5.69 Å². The predicted molar refractivity (Wildman–Crippen MR) is 76.6 cm³/mol. The topological polar surface area (TPSA) is 113 Å². The van der Waals surface area contributed by atoms with Gasteiger partial charge in [0.15, 0.2) is 0 Å². The Bertz CT molecular complexity index is 646. The van der Waals surface area contributed by atoms with E-state index in [1.807, 2.05) is 0 Å². The number of aliphatic hydroxyl groups excluding tert-OH is 1. The zero-order chi connectivity index (χ0) is 15.6. The maximum atomic E-state index is 12.5. The molecule has 1 unspecified atom stereocenters. The summed E-state index contributed by atoms with van der Waals surface area (Å²) in [7, 11) is -2.27. The van der Waals surface area contributed by atoms with Crippen LogP contribution < -0.4 is 5.32 Å². The Morgan fingerprint density at radius 2 is 2.19 bits per heavy atom. The first-order valence-corrected chi connectivity index (χ1v) is 7.94. The third-order valence-corrected chi connectivity index (χ3v) is 5.29. The van der Waals surface area contributed by atoms with Crippen molar-refractivity contribution >= 4 is 21.4 Å². The molecule has 1 saturated heterocycles. The van der Waals surface area contributed by atoms with Gasteiger partial charge in [0.1, 0.15) is 5.69 Å². The molecule has 2 N–H and O–H groups in total. The van der Waals surface area contributed by atoms with E-state index in [4.69, 9.17) is 0 Å². The number of nitro groups is 1. The third-order valence-electron chi connectivity index (χ3n) is 3.43. The van der Waals surface area contributed by atoms with Gasteiger partial charge in [-0.1, -0.05) is 0 Å². The molecule has 0 radical (unpaired) electrons. The van der Waals surface area contributed by atoms with Crippen molar-refractivity contribution in [2.45, 2.75) is 23.8 Å². The van der Waals surface area contributed by atoms with Crippen LogP contribution in [-0.4, -0.2) is 49.0 Å². The van der Waals surface area contributed by atoms with Crippen LogP contribution in [0.5, 0.6) is 0 Å². The monoisotopic (exact) mass is 315 g/mol. The van der Waals surface area contributed by atoms with Gasteiger partial charge in [-0.3, -0.25) is 10.1 Å². The van der Waals surface area contributed by atoms with Gasteiger partial charge in [-0.15, -0.1) is 0 Å². The first-order valence-electron chi connectivity index (χ1n) is 6.50. The molecule has 9 heteroatoms. The molecule has 116 valence electrons. The van der Waals surface area contributed by atoms with Gasteiger partial charge < -0.3 is 10.4 Å². The Kier molecular flexibility index (Phi) is 4.45. The quantitative estimate of drug-likeness (QED) is 0.627. The normalized spacial score (nSPS) is 20.2. The average Bonchev–Trinajstić information content (AvgIpc) is 2.46. The SMILES string of the molecule is CNc1cc(S(=O)(=O)N2CCCC(O)C2)ccc1[N+](=O)[O-]. The van der Waals surface area contributed by atoms with Crippen molar-refractivity contribution in [3.8, 4) is 0 Å². The van der Waals surface area contributed by atoms with Crippen LogP contribution in [0.1, 0.15) is 12.8 Å². The molecule has 1 aromatic carbocycles. The van der Waals surface area contributed by atoms with Crippen LogP contribution >= 0.6 is 0 Å². The summed E-state index contributed by atoms with van der Waals surface area (Å²) < 4.78 is 26.2. The second-order valence-electron chi connectivity index (χ2n) is 4.85. The van der Waals surface area contributed by atoms with E-state index in [9.17, 15) is 23.6 Å². The van der Waals surface area contributed by atoms with Crippen LogP contribution in [0.3, 0.4) is 0 Å². The number of benzene rings is 1. The molecule has 2 rings (SSSR count). The molecule has 0 amide bonds.